The van der Waals surface area contributed by atoms with Crippen molar-refractivity contribution in [2.75, 3.05) is 7.11 Å². The number of aromatic nitrogens is 3. The van der Waals surface area contributed by atoms with Crippen LogP contribution in [-0.2, 0) is 19.0 Å². The minimum absolute atomic E-state index is 0.450. The van der Waals surface area contributed by atoms with Gasteiger partial charge in [0.15, 0.2) is 5.79 Å². The van der Waals surface area contributed by atoms with E-state index < -0.39 is 46.9 Å². The molecule has 0 N–H and O–H groups in total. The Bertz CT molecular complexity index is 1120. The van der Waals surface area contributed by atoms with Crippen LogP contribution in [0.2, 0.25) is 0 Å². The molecule has 6 rings (SSSR count). The van der Waals surface area contributed by atoms with E-state index in [0.717, 1.165) is 4.57 Å². The molecule has 1 aliphatic carbocycles. The van der Waals surface area contributed by atoms with Crippen molar-refractivity contribution in [3.05, 3.63) is 63.5 Å². The SMILES string of the molecule is COC(=O)[C@@]12OC(C)(C)O[C@@H]1[C@H]1C=C[C@@H]2n2c(=O)n(-c3ccccc3)c(=O)n21. The lowest BCUT2D eigenvalue weighted by Gasteiger charge is -2.46. The average molecular weight is 385 g/mol. The van der Waals surface area contributed by atoms with Crippen molar-refractivity contribution in [3.63, 3.8) is 0 Å². The summed E-state index contributed by atoms with van der Waals surface area (Å²) in [6.07, 6.45) is 2.69. The van der Waals surface area contributed by atoms with Crippen molar-refractivity contribution in [3.8, 4) is 5.69 Å². The topological polar surface area (TPSA) is 93.7 Å². The fourth-order valence-electron chi connectivity index (χ4n) is 4.60. The molecular weight excluding hydrogens is 366 g/mol. The first-order valence-electron chi connectivity index (χ1n) is 8.98. The van der Waals surface area contributed by atoms with Gasteiger partial charge in [0.05, 0.1) is 12.8 Å². The maximum atomic E-state index is 13.3. The van der Waals surface area contributed by atoms with Gasteiger partial charge in [-0.1, -0.05) is 30.4 Å². The standard InChI is InChI=1S/C19H19N3O6/c1-18(2)27-14-12-9-10-13(19(14,28-18)15(23)26-3)22-17(25)20(16(24)21(12)22)11-7-5-4-6-8-11/h4-10,12-14H,1-3H3/t12-,13+,14-,19+/m1/s1. The van der Waals surface area contributed by atoms with E-state index in [9.17, 15) is 14.4 Å². The van der Waals surface area contributed by atoms with Gasteiger partial charge in [0.2, 0.25) is 5.60 Å². The Labute approximate surface area is 159 Å². The van der Waals surface area contributed by atoms with Crippen molar-refractivity contribution < 1.29 is 19.0 Å². The molecule has 4 aliphatic rings. The number of methoxy groups -OCH3 is 1. The van der Waals surface area contributed by atoms with E-state index in [1.165, 1.54) is 16.5 Å². The minimum Gasteiger partial charge on any atom is -0.467 e. The van der Waals surface area contributed by atoms with E-state index in [2.05, 4.69) is 0 Å². The number of ether oxygens (including phenoxy) is 3. The van der Waals surface area contributed by atoms with Gasteiger partial charge in [-0.15, -0.1) is 0 Å². The molecule has 4 atom stereocenters. The van der Waals surface area contributed by atoms with Crippen LogP contribution < -0.4 is 11.4 Å². The molecule has 0 saturated carbocycles. The zero-order valence-corrected chi connectivity index (χ0v) is 15.6. The van der Waals surface area contributed by atoms with Crippen molar-refractivity contribution in [2.24, 2.45) is 0 Å². The van der Waals surface area contributed by atoms with Crippen LogP contribution in [-0.4, -0.2) is 44.5 Å². The number of esters is 1. The first kappa shape index (κ1) is 17.2. The van der Waals surface area contributed by atoms with Crippen LogP contribution in [0.1, 0.15) is 25.9 Å². The normalized spacial score (nSPS) is 31.5. The molecular formula is C19H19N3O6. The summed E-state index contributed by atoms with van der Waals surface area (Å²) in [5, 5.41) is 0. The van der Waals surface area contributed by atoms with Crippen LogP contribution in [0.3, 0.4) is 0 Å². The Morgan fingerprint density at radius 3 is 2.43 bits per heavy atom. The lowest BCUT2D eigenvalue weighted by molar-refractivity contribution is -0.195. The van der Waals surface area contributed by atoms with Gasteiger partial charge in [0.1, 0.15) is 18.2 Å². The first-order chi connectivity index (χ1) is 13.3. The van der Waals surface area contributed by atoms with Crippen LogP contribution in [0.15, 0.2) is 52.1 Å². The molecule has 28 heavy (non-hydrogen) atoms. The van der Waals surface area contributed by atoms with Crippen LogP contribution in [0.4, 0.5) is 0 Å². The first-order valence-corrected chi connectivity index (χ1v) is 8.98. The second-order valence-corrected chi connectivity index (χ2v) is 7.57. The maximum absolute atomic E-state index is 13.3. The quantitative estimate of drug-likeness (QED) is 0.553. The summed E-state index contributed by atoms with van der Waals surface area (Å²) in [5.74, 6) is -1.71. The average Bonchev–Trinajstić information content (AvgIpc) is 3.14. The number of carbonyl (C=O) groups excluding carboxylic acids is 1. The Kier molecular flexibility index (Phi) is 3.28. The number of nitrogens with zero attached hydrogens (tertiary/aromatic N) is 3. The highest BCUT2D eigenvalue weighted by molar-refractivity contribution is 5.83. The van der Waals surface area contributed by atoms with Gasteiger partial charge in [0, 0.05) is 0 Å². The van der Waals surface area contributed by atoms with Crippen molar-refractivity contribution in [1.29, 1.82) is 0 Å². The predicted molar refractivity (Wildman–Crippen MR) is 96.3 cm³/mol. The Morgan fingerprint density at radius 2 is 1.75 bits per heavy atom. The molecule has 9 heteroatoms. The summed E-state index contributed by atoms with van der Waals surface area (Å²) in [6, 6.07) is 7.09. The van der Waals surface area contributed by atoms with E-state index in [4.69, 9.17) is 14.2 Å². The number of benzene rings is 1. The highest BCUT2D eigenvalue weighted by atomic mass is 16.8. The summed E-state index contributed by atoms with van der Waals surface area (Å²) in [6.45, 7) is 3.38. The van der Waals surface area contributed by atoms with Crippen LogP contribution in [0.25, 0.3) is 5.69 Å². The number of hydrogen-bond donors (Lipinski definition) is 0. The molecule has 1 saturated heterocycles. The Morgan fingerprint density at radius 1 is 1.07 bits per heavy atom. The van der Waals surface area contributed by atoms with E-state index >= 15 is 0 Å². The fourth-order valence-corrected chi connectivity index (χ4v) is 4.60. The largest absolute Gasteiger partial charge is 0.467 e. The van der Waals surface area contributed by atoms with Gasteiger partial charge in [-0.25, -0.2) is 28.3 Å². The fraction of sp³-hybridized carbons (Fsp3) is 0.421. The van der Waals surface area contributed by atoms with Gasteiger partial charge < -0.3 is 14.2 Å². The van der Waals surface area contributed by atoms with E-state index in [-0.39, 0.29) is 0 Å². The van der Waals surface area contributed by atoms with Crippen LogP contribution in [0, 0.1) is 0 Å². The molecule has 1 aromatic heterocycles. The monoisotopic (exact) mass is 385 g/mol. The van der Waals surface area contributed by atoms with Gasteiger partial charge in [-0.05, 0) is 26.0 Å². The number of rotatable bonds is 2. The highest BCUT2D eigenvalue weighted by Crippen LogP contribution is 2.53. The number of carbonyl (C=O) groups is 1. The smallest absolute Gasteiger partial charge is 0.352 e. The molecule has 1 fully saturated rings. The van der Waals surface area contributed by atoms with Crippen LogP contribution in [0.5, 0.6) is 0 Å². The molecule has 3 aliphatic heterocycles. The van der Waals surface area contributed by atoms with E-state index in [1.807, 2.05) is 0 Å². The van der Waals surface area contributed by atoms with Gasteiger partial charge in [0.25, 0.3) is 0 Å². The highest BCUT2D eigenvalue weighted by Gasteiger charge is 2.70. The third-order valence-electron chi connectivity index (χ3n) is 5.56. The minimum atomic E-state index is -1.54. The zero-order valence-electron chi connectivity index (χ0n) is 15.6. The molecule has 146 valence electrons. The molecule has 9 nitrogen and oxygen atoms in total. The molecule has 2 bridgehead atoms. The van der Waals surface area contributed by atoms with Gasteiger partial charge in [-0.2, -0.15) is 0 Å². The summed E-state index contributed by atoms with van der Waals surface area (Å²) >= 11 is 0. The van der Waals surface area contributed by atoms with Crippen molar-refractivity contribution in [1.82, 2.24) is 13.9 Å². The lowest BCUT2D eigenvalue weighted by Crippen LogP contribution is -2.65. The molecule has 2 aromatic rings. The van der Waals surface area contributed by atoms with Gasteiger partial charge >= 0.3 is 17.3 Å². The van der Waals surface area contributed by atoms with Crippen molar-refractivity contribution >= 4 is 5.97 Å². The zero-order chi connectivity index (χ0) is 19.8. The summed E-state index contributed by atoms with van der Waals surface area (Å²) in [5.41, 5.74) is -2.14. The molecule has 1 aromatic carbocycles. The summed E-state index contributed by atoms with van der Waals surface area (Å²) in [4.78, 5) is 39.3. The van der Waals surface area contributed by atoms with E-state index in [0.29, 0.717) is 5.69 Å². The summed E-state index contributed by atoms with van der Waals surface area (Å²) < 4.78 is 20.8. The van der Waals surface area contributed by atoms with Crippen LogP contribution >= 0.6 is 0 Å². The third kappa shape index (κ3) is 1.90. The van der Waals surface area contributed by atoms with E-state index in [1.54, 1.807) is 56.3 Å². The molecule has 0 unspecified atom stereocenters. The number of para-hydroxylation sites is 1. The third-order valence-corrected chi connectivity index (χ3v) is 5.56. The summed E-state index contributed by atoms with van der Waals surface area (Å²) in [7, 11) is 1.26. The van der Waals surface area contributed by atoms with Gasteiger partial charge in [-0.3, -0.25) is 0 Å². The lowest BCUT2D eigenvalue weighted by atomic mass is 9.78. The Hall–Kier alpha value is -2.91. The molecule has 0 radical (unpaired) electrons. The number of hydrogen-bond acceptors (Lipinski definition) is 6. The molecule has 0 spiro atoms. The van der Waals surface area contributed by atoms with Crippen molar-refractivity contribution in [2.45, 2.75) is 43.4 Å². The second-order valence-electron chi connectivity index (χ2n) is 7.57. The molecule has 0 amide bonds. The predicted octanol–water partition coefficient (Wildman–Crippen LogP) is 0.530. The molecule has 4 heterocycles. The maximum Gasteiger partial charge on any atom is 0.352 e. The second kappa shape index (κ2) is 5.33. The Balaban J connectivity index is 1.79.